The van der Waals surface area contributed by atoms with Gasteiger partial charge in [0.2, 0.25) is 5.91 Å². The second-order valence-electron chi connectivity index (χ2n) is 6.93. The highest BCUT2D eigenvalue weighted by atomic mass is 16.2. The first-order valence-corrected chi connectivity index (χ1v) is 7.96. The predicted octanol–water partition coefficient (Wildman–Crippen LogP) is 4.15. The number of hydrogen-bond acceptors (Lipinski definition) is 1. The Morgan fingerprint density at radius 1 is 1.05 bits per heavy atom. The summed E-state index contributed by atoms with van der Waals surface area (Å²) in [6.07, 6.45) is 1.58. The van der Waals surface area contributed by atoms with Gasteiger partial charge in [-0.3, -0.25) is 4.79 Å². The Balaban J connectivity index is 1.80. The summed E-state index contributed by atoms with van der Waals surface area (Å²) in [5, 5.41) is 0. The quantitative estimate of drug-likeness (QED) is 0.832. The number of rotatable bonds is 3. The van der Waals surface area contributed by atoms with Crippen LogP contribution in [0.5, 0.6) is 0 Å². The van der Waals surface area contributed by atoms with Crippen molar-refractivity contribution >= 4 is 5.91 Å². The molecule has 0 aromatic heterocycles. The summed E-state index contributed by atoms with van der Waals surface area (Å²) in [5.74, 6) is 0.244. The maximum absolute atomic E-state index is 12.6. The van der Waals surface area contributed by atoms with E-state index < -0.39 is 0 Å². The molecule has 1 heterocycles. The third-order valence-electron chi connectivity index (χ3n) is 4.47. The first-order valence-electron chi connectivity index (χ1n) is 7.96. The molecule has 2 aromatic carbocycles. The zero-order valence-corrected chi connectivity index (χ0v) is 13.4. The largest absolute Gasteiger partial charge is 0.342 e. The summed E-state index contributed by atoms with van der Waals surface area (Å²) in [4.78, 5) is 14.6. The van der Waals surface area contributed by atoms with Gasteiger partial charge in [0.25, 0.3) is 0 Å². The summed E-state index contributed by atoms with van der Waals surface area (Å²) in [7, 11) is 0. The topological polar surface area (TPSA) is 20.3 Å². The molecule has 0 atom stereocenters. The first kappa shape index (κ1) is 14.8. The number of hydrogen-bond donors (Lipinski definition) is 0. The molecule has 0 spiro atoms. The molecule has 3 rings (SSSR count). The minimum atomic E-state index is 0.244. The standard InChI is InChI=1S/C20H23NO/c1-20(2)12-13-21(15-20)19(22)14-17-10-6-7-11-18(17)16-8-4-3-5-9-16/h3-11H,12-15H2,1-2H3. The third-order valence-corrected chi connectivity index (χ3v) is 4.47. The van der Waals surface area contributed by atoms with Gasteiger partial charge in [0.1, 0.15) is 0 Å². The molecular weight excluding hydrogens is 270 g/mol. The second kappa shape index (κ2) is 5.96. The van der Waals surface area contributed by atoms with Gasteiger partial charge >= 0.3 is 0 Å². The van der Waals surface area contributed by atoms with Gasteiger partial charge in [-0.2, -0.15) is 0 Å². The van der Waals surface area contributed by atoms with E-state index in [1.807, 2.05) is 35.2 Å². The van der Waals surface area contributed by atoms with E-state index in [-0.39, 0.29) is 11.3 Å². The van der Waals surface area contributed by atoms with Crippen LogP contribution in [-0.2, 0) is 11.2 Å². The summed E-state index contributed by atoms with van der Waals surface area (Å²) < 4.78 is 0. The first-order chi connectivity index (χ1) is 10.6. The number of amides is 1. The van der Waals surface area contributed by atoms with Gasteiger partial charge in [0.15, 0.2) is 0 Å². The molecule has 114 valence electrons. The van der Waals surface area contributed by atoms with Gasteiger partial charge in [-0.1, -0.05) is 68.4 Å². The minimum absolute atomic E-state index is 0.244. The van der Waals surface area contributed by atoms with E-state index in [0.29, 0.717) is 6.42 Å². The van der Waals surface area contributed by atoms with Crippen LogP contribution in [0.15, 0.2) is 54.6 Å². The van der Waals surface area contributed by atoms with Crippen molar-refractivity contribution in [3.8, 4) is 11.1 Å². The highest BCUT2D eigenvalue weighted by molar-refractivity contribution is 5.82. The number of likely N-dealkylation sites (tertiary alicyclic amines) is 1. The molecule has 22 heavy (non-hydrogen) atoms. The Labute approximate surface area is 132 Å². The van der Waals surface area contributed by atoms with Crippen LogP contribution in [0.2, 0.25) is 0 Å². The second-order valence-corrected chi connectivity index (χ2v) is 6.93. The Morgan fingerprint density at radius 2 is 1.73 bits per heavy atom. The summed E-state index contributed by atoms with van der Waals surface area (Å²) in [5.41, 5.74) is 3.71. The summed E-state index contributed by atoms with van der Waals surface area (Å²) >= 11 is 0. The van der Waals surface area contributed by atoms with Crippen LogP contribution >= 0.6 is 0 Å². The van der Waals surface area contributed by atoms with E-state index in [1.165, 1.54) is 5.56 Å². The van der Waals surface area contributed by atoms with Crippen molar-refractivity contribution in [2.75, 3.05) is 13.1 Å². The van der Waals surface area contributed by atoms with Crippen LogP contribution in [0.3, 0.4) is 0 Å². The van der Waals surface area contributed by atoms with Crippen molar-refractivity contribution < 1.29 is 4.79 Å². The highest BCUT2D eigenvalue weighted by Gasteiger charge is 2.31. The average Bonchev–Trinajstić information content (AvgIpc) is 2.89. The monoisotopic (exact) mass is 293 g/mol. The van der Waals surface area contributed by atoms with Crippen molar-refractivity contribution in [1.82, 2.24) is 4.90 Å². The van der Waals surface area contributed by atoms with Crippen molar-refractivity contribution in [2.24, 2.45) is 5.41 Å². The zero-order valence-electron chi connectivity index (χ0n) is 13.4. The lowest BCUT2D eigenvalue weighted by Crippen LogP contribution is -2.31. The molecule has 0 bridgehead atoms. The van der Waals surface area contributed by atoms with Crippen molar-refractivity contribution in [3.05, 3.63) is 60.2 Å². The molecule has 0 unspecified atom stereocenters. The molecule has 1 fully saturated rings. The van der Waals surface area contributed by atoms with Crippen molar-refractivity contribution in [1.29, 1.82) is 0 Å². The van der Waals surface area contributed by atoms with E-state index in [9.17, 15) is 4.79 Å². The van der Waals surface area contributed by atoms with Crippen LogP contribution in [0.1, 0.15) is 25.8 Å². The van der Waals surface area contributed by atoms with Crippen molar-refractivity contribution in [2.45, 2.75) is 26.7 Å². The lowest BCUT2D eigenvalue weighted by Gasteiger charge is -2.20. The van der Waals surface area contributed by atoms with Crippen LogP contribution in [0, 0.1) is 5.41 Å². The fraction of sp³-hybridized carbons (Fsp3) is 0.350. The van der Waals surface area contributed by atoms with Gasteiger partial charge in [0.05, 0.1) is 6.42 Å². The summed E-state index contributed by atoms with van der Waals surface area (Å²) in [6, 6.07) is 18.5. The highest BCUT2D eigenvalue weighted by Crippen LogP contribution is 2.30. The van der Waals surface area contributed by atoms with E-state index in [1.54, 1.807) is 0 Å². The number of benzene rings is 2. The Morgan fingerprint density at radius 3 is 2.41 bits per heavy atom. The molecule has 0 N–H and O–H groups in total. The molecule has 2 heteroatoms. The number of carbonyl (C=O) groups excluding carboxylic acids is 1. The zero-order chi connectivity index (χ0) is 15.6. The molecular formula is C20H23NO. The van der Waals surface area contributed by atoms with Gasteiger partial charge < -0.3 is 4.90 Å². The summed E-state index contributed by atoms with van der Waals surface area (Å²) in [6.45, 7) is 6.23. The van der Waals surface area contributed by atoms with Gasteiger partial charge in [-0.05, 0) is 28.5 Å². The lowest BCUT2D eigenvalue weighted by atomic mass is 9.93. The predicted molar refractivity (Wildman–Crippen MR) is 90.6 cm³/mol. The maximum atomic E-state index is 12.6. The smallest absolute Gasteiger partial charge is 0.227 e. The molecule has 1 saturated heterocycles. The van der Waals surface area contributed by atoms with Crippen LogP contribution in [0.25, 0.3) is 11.1 Å². The molecule has 1 aliphatic rings. The normalized spacial score (nSPS) is 16.7. The van der Waals surface area contributed by atoms with Crippen molar-refractivity contribution in [3.63, 3.8) is 0 Å². The molecule has 0 aliphatic carbocycles. The van der Waals surface area contributed by atoms with Gasteiger partial charge in [0, 0.05) is 13.1 Å². The van der Waals surface area contributed by atoms with Crippen LogP contribution in [0.4, 0.5) is 0 Å². The molecule has 2 aromatic rings. The Kier molecular flexibility index (Phi) is 4.02. The van der Waals surface area contributed by atoms with Gasteiger partial charge in [-0.25, -0.2) is 0 Å². The van der Waals surface area contributed by atoms with Crippen LogP contribution < -0.4 is 0 Å². The molecule has 1 aliphatic heterocycles. The van der Waals surface area contributed by atoms with E-state index in [0.717, 1.165) is 30.6 Å². The molecule has 0 radical (unpaired) electrons. The van der Waals surface area contributed by atoms with Crippen LogP contribution in [-0.4, -0.2) is 23.9 Å². The number of nitrogens with zero attached hydrogens (tertiary/aromatic N) is 1. The fourth-order valence-electron chi connectivity index (χ4n) is 3.17. The lowest BCUT2D eigenvalue weighted by molar-refractivity contribution is -0.129. The molecule has 0 saturated carbocycles. The average molecular weight is 293 g/mol. The Hall–Kier alpha value is -2.09. The number of carbonyl (C=O) groups is 1. The molecule has 2 nitrogen and oxygen atoms in total. The Bertz CT molecular complexity index is 660. The third kappa shape index (κ3) is 3.22. The van der Waals surface area contributed by atoms with Gasteiger partial charge in [-0.15, -0.1) is 0 Å². The molecule has 1 amide bonds. The maximum Gasteiger partial charge on any atom is 0.227 e. The van der Waals surface area contributed by atoms with E-state index in [2.05, 4.69) is 38.1 Å². The SMILES string of the molecule is CC1(C)CCN(C(=O)Cc2ccccc2-c2ccccc2)C1. The van der Waals surface area contributed by atoms with E-state index >= 15 is 0 Å². The van der Waals surface area contributed by atoms with E-state index in [4.69, 9.17) is 0 Å². The minimum Gasteiger partial charge on any atom is -0.342 e. The fourth-order valence-corrected chi connectivity index (χ4v) is 3.17.